The molecule has 1 atom stereocenters. The molecule has 2 aromatic carbocycles. The van der Waals surface area contributed by atoms with Gasteiger partial charge >= 0.3 is 22.4 Å². The van der Waals surface area contributed by atoms with Crippen LogP contribution in [0.1, 0.15) is 45.6 Å². The van der Waals surface area contributed by atoms with Crippen LogP contribution in [-0.4, -0.2) is 6.61 Å². The van der Waals surface area contributed by atoms with Crippen LogP contribution in [0.5, 0.6) is 5.75 Å². The summed E-state index contributed by atoms with van der Waals surface area (Å²) in [6, 6.07) is 16.1. The minimum absolute atomic E-state index is 0. The zero-order valence-corrected chi connectivity index (χ0v) is 18.0. The Bertz CT molecular complexity index is 716. The SMILES string of the molecule is [Au+].[C-]#Cc1ccc(-c2ccc(OCC[C@@H](C)CCC=C(C)C)cc2)cc1. The topological polar surface area (TPSA) is 9.23 Å². The van der Waals surface area contributed by atoms with E-state index in [1.165, 1.54) is 12.0 Å². The van der Waals surface area contributed by atoms with Gasteiger partial charge < -0.3 is 11.2 Å². The van der Waals surface area contributed by atoms with Crippen LogP contribution in [-0.2, 0) is 22.4 Å². The summed E-state index contributed by atoms with van der Waals surface area (Å²) in [6.45, 7) is 7.36. The summed E-state index contributed by atoms with van der Waals surface area (Å²) in [7, 11) is 0. The molecule has 0 aromatic heterocycles. The molecule has 2 heteroatoms. The van der Waals surface area contributed by atoms with Crippen molar-refractivity contribution in [2.45, 2.75) is 40.0 Å². The van der Waals surface area contributed by atoms with E-state index < -0.39 is 0 Å². The second-order valence-electron chi connectivity index (χ2n) is 6.83. The average molecular weight is 528 g/mol. The molecule has 140 valence electrons. The van der Waals surface area contributed by atoms with Gasteiger partial charge in [-0.3, -0.25) is 5.92 Å². The molecular formula is C24H27AuO. The van der Waals surface area contributed by atoms with E-state index in [4.69, 9.17) is 11.2 Å². The monoisotopic (exact) mass is 528 g/mol. The molecule has 0 saturated heterocycles. The van der Waals surface area contributed by atoms with E-state index >= 15 is 0 Å². The van der Waals surface area contributed by atoms with E-state index in [-0.39, 0.29) is 22.4 Å². The fourth-order valence-electron chi connectivity index (χ4n) is 2.67. The Morgan fingerprint density at radius 2 is 1.58 bits per heavy atom. The fraction of sp³-hybridized carbons (Fsp3) is 0.333. The first-order chi connectivity index (χ1) is 12.1. The van der Waals surface area contributed by atoms with Crippen LogP contribution in [0.4, 0.5) is 0 Å². The molecule has 0 spiro atoms. The van der Waals surface area contributed by atoms with Gasteiger partial charge in [0.25, 0.3) is 0 Å². The smallest absolute Gasteiger partial charge is 0.494 e. The van der Waals surface area contributed by atoms with Crippen molar-refractivity contribution in [1.29, 1.82) is 0 Å². The summed E-state index contributed by atoms with van der Waals surface area (Å²) in [5.74, 6) is 3.99. The molecular weight excluding hydrogens is 501 g/mol. The number of rotatable bonds is 8. The van der Waals surface area contributed by atoms with Crippen LogP contribution in [0.3, 0.4) is 0 Å². The third-order valence-corrected chi connectivity index (χ3v) is 4.31. The summed E-state index contributed by atoms with van der Waals surface area (Å²) in [5, 5.41) is 0. The van der Waals surface area contributed by atoms with Crippen molar-refractivity contribution in [2.75, 3.05) is 6.61 Å². The molecule has 0 fully saturated rings. The first-order valence-corrected chi connectivity index (χ1v) is 8.98. The molecule has 2 aromatic rings. The van der Waals surface area contributed by atoms with Crippen LogP contribution in [0.15, 0.2) is 60.2 Å². The summed E-state index contributed by atoms with van der Waals surface area (Å²) in [4.78, 5) is 0. The van der Waals surface area contributed by atoms with E-state index in [1.54, 1.807) is 0 Å². The third kappa shape index (κ3) is 7.67. The first kappa shape index (κ1) is 22.3. The molecule has 0 amide bonds. The van der Waals surface area contributed by atoms with Gasteiger partial charge in [-0.25, -0.2) is 0 Å². The van der Waals surface area contributed by atoms with Crippen molar-refractivity contribution in [3.8, 4) is 22.8 Å². The Labute approximate surface area is 174 Å². The summed E-state index contributed by atoms with van der Waals surface area (Å²) in [6.07, 6.45) is 12.9. The summed E-state index contributed by atoms with van der Waals surface area (Å²) < 4.78 is 5.88. The molecule has 2 rings (SSSR count). The molecule has 1 nitrogen and oxygen atoms in total. The van der Waals surface area contributed by atoms with E-state index in [0.29, 0.717) is 5.92 Å². The Balaban J connectivity index is 0.00000338. The Kier molecular flexibility index (Phi) is 10.1. The van der Waals surface area contributed by atoms with Crippen molar-refractivity contribution in [3.63, 3.8) is 0 Å². The maximum Gasteiger partial charge on any atom is 1.00 e. The molecule has 0 saturated carbocycles. The van der Waals surface area contributed by atoms with Crippen LogP contribution in [0, 0.1) is 18.3 Å². The zero-order valence-electron chi connectivity index (χ0n) is 15.8. The summed E-state index contributed by atoms with van der Waals surface area (Å²) >= 11 is 0. The van der Waals surface area contributed by atoms with E-state index in [0.717, 1.165) is 41.9 Å². The normalized spacial score (nSPS) is 11.0. The van der Waals surface area contributed by atoms with Crippen LogP contribution in [0.2, 0.25) is 0 Å². The molecule has 0 aliphatic carbocycles. The molecule has 0 aliphatic rings. The predicted octanol–water partition coefficient (Wildman–Crippen LogP) is 6.44. The van der Waals surface area contributed by atoms with Crippen molar-refractivity contribution >= 4 is 0 Å². The molecule has 0 aliphatic heterocycles. The predicted molar refractivity (Wildman–Crippen MR) is 106 cm³/mol. The Hall–Kier alpha value is -1.72. The van der Waals surface area contributed by atoms with Crippen molar-refractivity contribution in [2.24, 2.45) is 5.92 Å². The Morgan fingerprint density at radius 3 is 2.12 bits per heavy atom. The molecule has 0 bridgehead atoms. The van der Waals surface area contributed by atoms with E-state index in [2.05, 4.69) is 44.9 Å². The number of hydrogen-bond donors (Lipinski definition) is 0. The van der Waals surface area contributed by atoms with Gasteiger partial charge in [-0.1, -0.05) is 42.8 Å². The van der Waals surface area contributed by atoms with Crippen LogP contribution < -0.4 is 4.74 Å². The van der Waals surface area contributed by atoms with Gasteiger partial charge in [0.15, 0.2) is 0 Å². The minimum Gasteiger partial charge on any atom is -0.494 e. The van der Waals surface area contributed by atoms with Gasteiger partial charge in [-0.05, 0) is 62.3 Å². The van der Waals surface area contributed by atoms with Gasteiger partial charge in [0.1, 0.15) is 5.75 Å². The molecule has 0 unspecified atom stereocenters. The molecule has 0 radical (unpaired) electrons. The van der Waals surface area contributed by atoms with Gasteiger partial charge in [-0.15, -0.1) is 17.7 Å². The number of hydrogen-bond acceptors (Lipinski definition) is 1. The van der Waals surface area contributed by atoms with Crippen molar-refractivity contribution in [3.05, 3.63) is 72.2 Å². The Morgan fingerprint density at radius 1 is 1.00 bits per heavy atom. The van der Waals surface area contributed by atoms with Crippen molar-refractivity contribution < 1.29 is 27.1 Å². The number of ether oxygens (including phenoxy) is 1. The average Bonchev–Trinajstić information content (AvgIpc) is 2.62. The maximum absolute atomic E-state index is 7.13. The fourth-order valence-corrected chi connectivity index (χ4v) is 2.67. The van der Waals surface area contributed by atoms with E-state index in [9.17, 15) is 0 Å². The second kappa shape index (κ2) is 11.8. The summed E-state index contributed by atoms with van der Waals surface area (Å²) in [5.41, 5.74) is 4.48. The largest absolute Gasteiger partial charge is 1.00 e. The number of allylic oxidation sites excluding steroid dienone is 2. The van der Waals surface area contributed by atoms with Crippen LogP contribution in [0.25, 0.3) is 11.1 Å². The van der Waals surface area contributed by atoms with E-state index in [1.807, 2.05) is 36.4 Å². The number of benzene rings is 2. The third-order valence-electron chi connectivity index (χ3n) is 4.31. The molecule has 0 heterocycles. The van der Waals surface area contributed by atoms with Gasteiger partial charge in [-0.2, -0.15) is 0 Å². The second-order valence-corrected chi connectivity index (χ2v) is 6.83. The quantitative estimate of drug-likeness (QED) is 0.166. The van der Waals surface area contributed by atoms with Gasteiger partial charge in [0.05, 0.1) is 6.61 Å². The standard InChI is InChI=1S/C24H27O.Au/c1-5-21-9-11-22(12-10-21)23-13-15-24(16-14-23)25-18-17-20(4)8-6-7-19(2)3;/h7,9-16,20H,6,8,17-18H2,2-4H3;/q-1;+1/t20-;/m0./s1. The molecule has 26 heavy (non-hydrogen) atoms. The minimum atomic E-state index is 0. The maximum atomic E-state index is 7.13. The molecule has 0 N–H and O–H groups in total. The van der Waals surface area contributed by atoms with Gasteiger partial charge in [0, 0.05) is 0 Å². The van der Waals surface area contributed by atoms with Crippen LogP contribution >= 0.6 is 0 Å². The first-order valence-electron chi connectivity index (χ1n) is 8.98. The van der Waals surface area contributed by atoms with Gasteiger partial charge in [0.2, 0.25) is 0 Å². The van der Waals surface area contributed by atoms with Crippen molar-refractivity contribution in [1.82, 2.24) is 0 Å². The zero-order chi connectivity index (χ0) is 18.1.